The van der Waals surface area contributed by atoms with E-state index >= 15 is 0 Å². The fourth-order valence-electron chi connectivity index (χ4n) is 3.97. The summed E-state index contributed by atoms with van der Waals surface area (Å²) < 4.78 is 4.98. The quantitative estimate of drug-likeness (QED) is 0.640. The van der Waals surface area contributed by atoms with E-state index < -0.39 is 5.91 Å². The second-order valence-electron chi connectivity index (χ2n) is 7.12. The molecule has 0 radical (unpaired) electrons. The smallest absolute Gasteiger partial charge is 0.282 e. The first-order chi connectivity index (χ1) is 13.0. The van der Waals surface area contributed by atoms with Gasteiger partial charge in [-0.3, -0.25) is 14.8 Å². The van der Waals surface area contributed by atoms with E-state index in [1.165, 1.54) is 13.3 Å². The average Bonchev–Trinajstić information content (AvgIpc) is 3.06. The predicted molar refractivity (Wildman–Crippen MR) is 97.9 cm³/mol. The van der Waals surface area contributed by atoms with Crippen molar-refractivity contribution >= 4 is 17.5 Å². The number of hydroxylamine groups is 1. The van der Waals surface area contributed by atoms with Crippen LogP contribution in [0.1, 0.15) is 34.3 Å². The molecule has 2 amide bonds. The van der Waals surface area contributed by atoms with Crippen LogP contribution in [0.25, 0.3) is 0 Å². The highest BCUT2D eigenvalue weighted by Gasteiger charge is 2.44. The summed E-state index contributed by atoms with van der Waals surface area (Å²) in [4.78, 5) is 28.8. The lowest BCUT2D eigenvalue weighted by atomic mass is 9.70. The number of carbonyl (C=O) groups is 2. The van der Waals surface area contributed by atoms with Gasteiger partial charge in [0, 0.05) is 18.2 Å². The second-order valence-corrected chi connectivity index (χ2v) is 7.12. The van der Waals surface area contributed by atoms with Crippen LogP contribution in [-0.2, 0) is 17.6 Å². The first-order valence-electron chi connectivity index (χ1n) is 8.96. The van der Waals surface area contributed by atoms with Crippen LogP contribution in [0.5, 0.6) is 5.88 Å². The number of nitrogens with zero attached hydrogens (tertiary/aromatic N) is 2. The van der Waals surface area contributed by atoms with Crippen molar-refractivity contribution in [1.29, 1.82) is 0 Å². The van der Waals surface area contributed by atoms with Crippen molar-refractivity contribution < 1.29 is 19.5 Å². The number of ether oxygens (including phenoxy) is 1. The average molecular weight is 367 g/mol. The van der Waals surface area contributed by atoms with Gasteiger partial charge in [-0.1, -0.05) is 6.07 Å². The second kappa shape index (κ2) is 6.66. The molecule has 0 bridgehead atoms. The summed E-state index contributed by atoms with van der Waals surface area (Å²) in [5.41, 5.74) is 2.54. The third-order valence-corrected chi connectivity index (χ3v) is 5.59. The normalized spacial score (nSPS) is 20.9. The molecule has 1 aliphatic heterocycles. The van der Waals surface area contributed by atoms with Crippen molar-refractivity contribution in [2.45, 2.75) is 25.7 Å². The van der Waals surface area contributed by atoms with Gasteiger partial charge < -0.3 is 10.1 Å². The summed E-state index contributed by atoms with van der Waals surface area (Å²) in [6.45, 7) is 0.736. The molecule has 1 aromatic heterocycles. The molecule has 1 aliphatic carbocycles. The number of carbonyl (C=O) groups excluding carboxylic acids is 2. The summed E-state index contributed by atoms with van der Waals surface area (Å²) in [5, 5.41) is 13.8. The van der Waals surface area contributed by atoms with E-state index in [1.54, 1.807) is 18.2 Å². The molecule has 7 heteroatoms. The fraction of sp³-hybridized carbons (Fsp3) is 0.350. The standard InChI is InChI=1S/C20H21N3O4/c1-27-17-5-4-16(12-22-17)23(26)18(24)14-2-3-15-11-20(7-6-13(15)10-14)8-9-21-19(20)25/h2-5,10,12,26H,6-9,11H2,1H3,(H,21,25)/t20-/m0/s1. The first-order valence-corrected chi connectivity index (χ1v) is 8.96. The highest BCUT2D eigenvalue weighted by Crippen LogP contribution is 2.41. The minimum atomic E-state index is -0.524. The van der Waals surface area contributed by atoms with Gasteiger partial charge in [0.15, 0.2) is 0 Å². The lowest BCUT2D eigenvalue weighted by Crippen LogP contribution is -2.36. The number of amides is 2. The zero-order chi connectivity index (χ0) is 19.0. The lowest BCUT2D eigenvalue weighted by molar-refractivity contribution is -0.128. The number of hydrogen-bond donors (Lipinski definition) is 2. The monoisotopic (exact) mass is 367 g/mol. The zero-order valence-electron chi connectivity index (χ0n) is 15.1. The van der Waals surface area contributed by atoms with E-state index in [-0.39, 0.29) is 17.0 Å². The molecule has 1 spiro atoms. The van der Waals surface area contributed by atoms with Crippen LogP contribution in [-0.4, -0.2) is 35.7 Å². The van der Waals surface area contributed by atoms with Crippen LogP contribution in [0, 0.1) is 5.41 Å². The molecule has 1 atom stereocenters. The van der Waals surface area contributed by atoms with E-state index in [4.69, 9.17) is 4.74 Å². The largest absolute Gasteiger partial charge is 0.481 e. The van der Waals surface area contributed by atoms with Crippen LogP contribution in [0.3, 0.4) is 0 Å². The van der Waals surface area contributed by atoms with Crippen molar-refractivity contribution in [2.24, 2.45) is 5.41 Å². The molecule has 140 valence electrons. The van der Waals surface area contributed by atoms with Crippen molar-refractivity contribution in [2.75, 3.05) is 18.7 Å². The number of aromatic nitrogens is 1. The first kappa shape index (κ1) is 17.5. The van der Waals surface area contributed by atoms with Crippen LogP contribution < -0.4 is 15.1 Å². The Hall–Kier alpha value is -2.93. The minimum absolute atomic E-state index is 0.141. The third kappa shape index (κ3) is 3.04. The predicted octanol–water partition coefficient (Wildman–Crippen LogP) is 2.12. The van der Waals surface area contributed by atoms with Crippen molar-refractivity contribution in [3.8, 4) is 5.88 Å². The fourth-order valence-corrected chi connectivity index (χ4v) is 3.97. The van der Waals surface area contributed by atoms with Crippen LogP contribution in [0.15, 0.2) is 36.5 Å². The molecule has 2 aromatic rings. The Morgan fingerprint density at radius 2 is 2.11 bits per heavy atom. The van der Waals surface area contributed by atoms with E-state index in [1.807, 2.05) is 12.1 Å². The number of rotatable bonds is 3. The van der Waals surface area contributed by atoms with Gasteiger partial charge in [0.1, 0.15) is 0 Å². The lowest BCUT2D eigenvalue weighted by Gasteiger charge is -2.32. The number of hydrogen-bond acceptors (Lipinski definition) is 5. The summed E-state index contributed by atoms with van der Waals surface area (Å²) >= 11 is 0. The molecule has 0 unspecified atom stereocenters. The van der Waals surface area contributed by atoms with Crippen molar-refractivity contribution in [1.82, 2.24) is 10.3 Å². The SMILES string of the molecule is COc1ccc(N(O)C(=O)c2ccc3c(c2)CC[C@]2(CCNC2=O)C3)cn1. The Balaban J connectivity index is 1.55. The summed E-state index contributed by atoms with van der Waals surface area (Å²) in [7, 11) is 1.50. The highest BCUT2D eigenvalue weighted by molar-refractivity contribution is 6.04. The topological polar surface area (TPSA) is 91.8 Å². The molecule has 1 aromatic carbocycles. The number of fused-ring (bicyclic) bond motifs is 1. The Labute approximate surface area is 156 Å². The van der Waals surface area contributed by atoms with Crippen molar-refractivity contribution in [3.05, 3.63) is 53.2 Å². The summed E-state index contributed by atoms with van der Waals surface area (Å²) in [6.07, 6.45) is 4.47. The van der Waals surface area contributed by atoms with E-state index in [0.29, 0.717) is 22.9 Å². The number of pyridine rings is 1. The molecule has 7 nitrogen and oxygen atoms in total. The molecule has 2 aliphatic rings. The molecule has 0 saturated carbocycles. The number of benzene rings is 1. The summed E-state index contributed by atoms with van der Waals surface area (Å²) in [6, 6.07) is 8.55. The number of methoxy groups -OCH3 is 1. The van der Waals surface area contributed by atoms with Crippen LogP contribution >= 0.6 is 0 Å². The van der Waals surface area contributed by atoms with Gasteiger partial charge >= 0.3 is 0 Å². The van der Waals surface area contributed by atoms with Gasteiger partial charge in [-0.2, -0.15) is 5.06 Å². The van der Waals surface area contributed by atoms with E-state index in [0.717, 1.165) is 36.9 Å². The van der Waals surface area contributed by atoms with Gasteiger partial charge in [-0.25, -0.2) is 4.98 Å². The van der Waals surface area contributed by atoms with E-state index in [2.05, 4.69) is 10.3 Å². The maximum atomic E-state index is 12.6. The molecule has 1 fully saturated rings. The van der Waals surface area contributed by atoms with Crippen LogP contribution in [0.4, 0.5) is 5.69 Å². The Kier molecular flexibility index (Phi) is 4.31. The maximum Gasteiger partial charge on any atom is 0.282 e. The maximum absolute atomic E-state index is 12.6. The zero-order valence-corrected chi connectivity index (χ0v) is 15.1. The van der Waals surface area contributed by atoms with Gasteiger partial charge in [0.25, 0.3) is 5.91 Å². The number of aryl methyl sites for hydroxylation is 1. The van der Waals surface area contributed by atoms with Gasteiger partial charge in [-0.15, -0.1) is 0 Å². The molecule has 1 saturated heterocycles. The molecule has 27 heavy (non-hydrogen) atoms. The highest BCUT2D eigenvalue weighted by atomic mass is 16.5. The molecular weight excluding hydrogens is 346 g/mol. The summed E-state index contributed by atoms with van der Waals surface area (Å²) in [5.74, 6) is 0.0174. The molecule has 2 N–H and O–H groups in total. The Bertz CT molecular complexity index is 897. The minimum Gasteiger partial charge on any atom is -0.481 e. The van der Waals surface area contributed by atoms with Gasteiger partial charge in [-0.05, 0) is 55.0 Å². The Morgan fingerprint density at radius 3 is 2.78 bits per heavy atom. The molecule has 2 heterocycles. The van der Waals surface area contributed by atoms with Gasteiger partial charge in [0.2, 0.25) is 11.8 Å². The molecular formula is C20H21N3O4. The number of nitrogens with one attached hydrogen (secondary N) is 1. The van der Waals surface area contributed by atoms with Crippen LogP contribution in [0.2, 0.25) is 0 Å². The Morgan fingerprint density at radius 1 is 1.26 bits per heavy atom. The number of anilines is 1. The van der Waals surface area contributed by atoms with Crippen molar-refractivity contribution in [3.63, 3.8) is 0 Å². The van der Waals surface area contributed by atoms with Gasteiger partial charge in [0.05, 0.1) is 24.4 Å². The molecule has 4 rings (SSSR count). The van der Waals surface area contributed by atoms with E-state index in [9.17, 15) is 14.8 Å². The third-order valence-electron chi connectivity index (χ3n) is 5.59.